The molecule has 1 atom stereocenters. The summed E-state index contributed by atoms with van der Waals surface area (Å²) in [5, 5.41) is 0. The van der Waals surface area contributed by atoms with Gasteiger partial charge in [-0.3, -0.25) is 9.59 Å². The molecule has 2 amide bonds. The highest BCUT2D eigenvalue weighted by Gasteiger charge is 2.41. The lowest BCUT2D eigenvalue weighted by Gasteiger charge is -2.33. The fraction of sp³-hybridized carbons (Fsp3) is 0.857. The Kier molecular flexibility index (Phi) is 4.40. The second-order valence-corrected chi connectivity index (χ2v) is 8.56. The number of amides is 2. The molecule has 0 bridgehead atoms. The zero-order valence-corrected chi connectivity index (χ0v) is 13.4. The van der Waals surface area contributed by atoms with Crippen LogP contribution in [0.5, 0.6) is 0 Å². The lowest BCUT2D eigenvalue weighted by atomic mass is 10.1. The number of nitrogens with zero attached hydrogens (tertiary/aromatic N) is 2. The highest BCUT2D eigenvalue weighted by Crippen LogP contribution is 2.37. The summed E-state index contributed by atoms with van der Waals surface area (Å²) in [6.45, 7) is 1.39. The van der Waals surface area contributed by atoms with E-state index in [-0.39, 0.29) is 42.5 Å². The van der Waals surface area contributed by atoms with Crippen LogP contribution >= 0.6 is 0 Å². The third kappa shape index (κ3) is 3.60. The Morgan fingerprint density at radius 2 is 2.05 bits per heavy atom. The van der Waals surface area contributed by atoms with Gasteiger partial charge in [0.2, 0.25) is 11.8 Å². The monoisotopic (exact) mass is 330 g/mol. The van der Waals surface area contributed by atoms with Gasteiger partial charge in [0.1, 0.15) is 6.61 Å². The minimum atomic E-state index is -3.08. The molecule has 0 radical (unpaired) electrons. The van der Waals surface area contributed by atoms with Crippen LogP contribution in [0, 0.1) is 5.92 Å². The minimum Gasteiger partial charge on any atom is -0.370 e. The fourth-order valence-corrected chi connectivity index (χ4v) is 4.91. The van der Waals surface area contributed by atoms with Crippen molar-refractivity contribution >= 4 is 21.7 Å². The average Bonchev–Trinajstić information content (AvgIpc) is 3.28. The first kappa shape index (κ1) is 15.7. The largest absolute Gasteiger partial charge is 0.370 e. The van der Waals surface area contributed by atoms with Crippen molar-refractivity contribution in [3.05, 3.63) is 0 Å². The first-order chi connectivity index (χ1) is 10.5. The summed E-state index contributed by atoms with van der Waals surface area (Å²) in [6.07, 6.45) is 2.45. The summed E-state index contributed by atoms with van der Waals surface area (Å²) >= 11 is 0. The van der Waals surface area contributed by atoms with Crippen LogP contribution in [0.15, 0.2) is 0 Å². The predicted octanol–water partition coefficient (Wildman–Crippen LogP) is -0.729. The molecule has 2 saturated heterocycles. The number of carbonyl (C=O) groups excluding carboxylic acids is 2. The van der Waals surface area contributed by atoms with Gasteiger partial charge in [0.15, 0.2) is 9.84 Å². The Morgan fingerprint density at radius 3 is 2.73 bits per heavy atom. The van der Waals surface area contributed by atoms with Gasteiger partial charge in [-0.05, 0) is 25.2 Å². The van der Waals surface area contributed by atoms with Crippen LogP contribution in [0.1, 0.15) is 19.3 Å². The topological polar surface area (TPSA) is 84.0 Å². The van der Waals surface area contributed by atoms with Crippen molar-refractivity contribution in [1.29, 1.82) is 0 Å². The van der Waals surface area contributed by atoms with E-state index in [1.807, 2.05) is 0 Å². The van der Waals surface area contributed by atoms with Crippen molar-refractivity contribution in [3.8, 4) is 0 Å². The highest BCUT2D eigenvalue weighted by atomic mass is 32.2. The molecule has 0 aromatic carbocycles. The maximum atomic E-state index is 12.6. The zero-order chi connectivity index (χ0) is 15.7. The Labute approximate surface area is 130 Å². The van der Waals surface area contributed by atoms with Crippen LogP contribution in [-0.4, -0.2) is 80.4 Å². The van der Waals surface area contributed by atoms with E-state index < -0.39 is 9.84 Å². The SMILES string of the molecule is O=C1COCCN1CC(=O)N1CCCS(=O)(=O)CC1C1CC1. The predicted molar refractivity (Wildman–Crippen MR) is 78.9 cm³/mol. The Hall–Kier alpha value is -1.15. The normalized spacial score (nSPS) is 29.3. The molecule has 2 heterocycles. The molecular weight excluding hydrogens is 308 g/mol. The summed E-state index contributed by atoms with van der Waals surface area (Å²) in [6, 6.07) is -0.212. The third-order valence-electron chi connectivity index (χ3n) is 4.58. The number of sulfone groups is 1. The van der Waals surface area contributed by atoms with Crippen molar-refractivity contribution < 1.29 is 22.7 Å². The maximum Gasteiger partial charge on any atom is 0.249 e. The molecule has 7 nitrogen and oxygen atoms in total. The van der Waals surface area contributed by atoms with E-state index in [0.29, 0.717) is 32.0 Å². The van der Waals surface area contributed by atoms with E-state index in [0.717, 1.165) is 12.8 Å². The Balaban J connectivity index is 1.70. The van der Waals surface area contributed by atoms with Gasteiger partial charge in [-0.1, -0.05) is 0 Å². The molecule has 0 spiro atoms. The Morgan fingerprint density at radius 1 is 1.27 bits per heavy atom. The van der Waals surface area contributed by atoms with Gasteiger partial charge in [0.05, 0.1) is 24.7 Å². The third-order valence-corrected chi connectivity index (χ3v) is 6.34. The smallest absolute Gasteiger partial charge is 0.249 e. The summed E-state index contributed by atoms with van der Waals surface area (Å²) < 4.78 is 29.1. The summed E-state index contributed by atoms with van der Waals surface area (Å²) in [5.41, 5.74) is 0. The molecule has 22 heavy (non-hydrogen) atoms. The zero-order valence-electron chi connectivity index (χ0n) is 12.6. The van der Waals surface area contributed by atoms with E-state index in [1.54, 1.807) is 4.90 Å². The van der Waals surface area contributed by atoms with Crippen LogP contribution in [0.4, 0.5) is 0 Å². The highest BCUT2D eigenvalue weighted by molar-refractivity contribution is 7.91. The average molecular weight is 330 g/mol. The van der Waals surface area contributed by atoms with Crippen molar-refractivity contribution in [2.75, 3.05) is 44.4 Å². The van der Waals surface area contributed by atoms with Crippen LogP contribution in [0.25, 0.3) is 0 Å². The molecule has 0 aromatic rings. The summed E-state index contributed by atoms with van der Waals surface area (Å²) in [5.74, 6) is 0.211. The van der Waals surface area contributed by atoms with Gasteiger partial charge < -0.3 is 14.5 Å². The van der Waals surface area contributed by atoms with Gasteiger partial charge in [-0.15, -0.1) is 0 Å². The van der Waals surface area contributed by atoms with Crippen LogP contribution in [0.3, 0.4) is 0 Å². The van der Waals surface area contributed by atoms with E-state index in [9.17, 15) is 18.0 Å². The van der Waals surface area contributed by atoms with Crippen molar-refractivity contribution in [2.24, 2.45) is 5.92 Å². The van der Waals surface area contributed by atoms with Gasteiger partial charge in [0, 0.05) is 19.1 Å². The summed E-state index contributed by atoms with van der Waals surface area (Å²) in [7, 11) is -3.08. The van der Waals surface area contributed by atoms with Gasteiger partial charge in [-0.2, -0.15) is 0 Å². The van der Waals surface area contributed by atoms with Crippen molar-refractivity contribution in [2.45, 2.75) is 25.3 Å². The molecule has 8 heteroatoms. The number of hydrogen-bond donors (Lipinski definition) is 0. The summed E-state index contributed by atoms with van der Waals surface area (Å²) in [4.78, 5) is 27.6. The number of ether oxygens (including phenoxy) is 1. The Bertz CT molecular complexity index is 558. The van der Waals surface area contributed by atoms with Crippen LogP contribution in [-0.2, 0) is 24.2 Å². The second kappa shape index (κ2) is 6.16. The van der Waals surface area contributed by atoms with Crippen LogP contribution in [0.2, 0.25) is 0 Å². The van der Waals surface area contributed by atoms with Crippen LogP contribution < -0.4 is 0 Å². The van der Waals surface area contributed by atoms with Gasteiger partial charge in [0.25, 0.3) is 0 Å². The maximum absolute atomic E-state index is 12.6. The van der Waals surface area contributed by atoms with Gasteiger partial charge in [-0.25, -0.2) is 8.42 Å². The molecule has 3 aliphatic rings. The molecular formula is C14H22N2O5S. The molecule has 3 rings (SSSR count). The molecule has 0 N–H and O–H groups in total. The first-order valence-corrected chi connectivity index (χ1v) is 9.64. The lowest BCUT2D eigenvalue weighted by Crippen LogP contribution is -2.51. The molecule has 124 valence electrons. The first-order valence-electron chi connectivity index (χ1n) is 7.82. The molecule has 1 saturated carbocycles. The molecule has 3 fully saturated rings. The van der Waals surface area contributed by atoms with E-state index in [1.165, 1.54) is 4.90 Å². The molecule has 2 aliphatic heterocycles. The van der Waals surface area contributed by atoms with E-state index in [4.69, 9.17) is 4.74 Å². The standard InChI is InChI=1S/C14H22N2O5S/c17-13(8-15-5-6-21-9-14(15)18)16-4-1-7-22(19,20)10-12(16)11-2-3-11/h11-12H,1-10H2. The molecule has 1 unspecified atom stereocenters. The number of carbonyl (C=O) groups is 2. The molecule has 0 aromatic heterocycles. The van der Waals surface area contributed by atoms with Gasteiger partial charge >= 0.3 is 0 Å². The van der Waals surface area contributed by atoms with Crippen molar-refractivity contribution in [3.63, 3.8) is 0 Å². The fourth-order valence-electron chi connectivity index (χ4n) is 3.21. The van der Waals surface area contributed by atoms with Crippen molar-refractivity contribution in [1.82, 2.24) is 9.80 Å². The molecule has 1 aliphatic carbocycles. The minimum absolute atomic E-state index is 0.0215. The van der Waals surface area contributed by atoms with E-state index in [2.05, 4.69) is 0 Å². The quantitative estimate of drug-likeness (QED) is 0.681. The lowest BCUT2D eigenvalue weighted by molar-refractivity contribution is -0.149. The number of morpholine rings is 1. The number of rotatable bonds is 3. The second-order valence-electron chi connectivity index (χ2n) is 6.33. The van der Waals surface area contributed by atoms with E-state index >= 15 is 0 Å². The number of hydrogen-bond acceptors (Lipinski definition) is 5.